The maximum Gasteiger partial charge on any atom is 0.264 e. The highest BCUT2D eigenvalue weighted by atomic mass is 79.9. The number of nitrogens with one attached hydrogen (secondary N) is 1. The number of halogens is 2. The molecular weight excluding hydrogens is 379 g/mol. The van der Waals surface area contributed by atoms with Crippen LogP contribution in [0.3, 0.4) is 0 Å². The summed E-state index contributed by atoms with van der Waals surface area (Å²) < 4.78 is 40.4. The Morgan fingerprint density at radius 2 is 2.05 bits per heavy atom. The average Bonchev–Trinajstić information content (AvgIpc) is 2.79. The van der Waals surface area contributed by atoms with Crippen molar-refractivity contribution < 1.29 is 12.8 Å². The van der Waals surface area contributed by atoms with Gasteiger partial charge >= 0.3 is 0 Å². The van der Waals surface area contributed by atoms with Crippen LogP contribution in [0.5, 0.6) is 0 Å². The van der Waals surface area contributed by atoms with Gasteiger partial charge in [-0.3, -0.25) is 4.72 Å². The molecule has 0 unspecified atom stereocenters. The summed E-state index contributed by atoms with van der Waals surface area (Å²) in [6.07, 6.45) is 4.06. The van der Waals surface area contributed by atoms with Crippen molar-refractivity contribution in [3.63, 3.8) is 0 Å². The summed E-state index contributed by atoms with van der Waals surface area (Å²) in [5.74, 6) is -0.495. The lowest BCUT2D eigenvalue weighted by Gasteiger charge is -2.07. The molecule has 4 nitrogen and oxygen atoms in total. The van der Waals surface area contributed by atoms with Gasteiger partial charge in [0.15, 0.2) is 5.13 Å². The molecule has 1 aliphatic rings. The van der Waals surface area contributed by atoms with Crippen LogP contribution in [0.2, 0.25) is 0 Å². The summed E-state index contributed by atoms with van der Waals surface area (Å²) in [4.78, 5) is 5.49. The van der Waals surface area contributed by atoms with Gasteiger partial charge in [-0.05, 0) is 59.8 Å². The standard InChI is InChI=1S/C13H12BrFN2O2S2/c14-9-7-8(15)5-6-12(9)21(18,19)17-13-16-10-3-1-2-4-11(10)20-13/h5-7H,1-4H2,(H,16,17). The van der Waals surface area contributed by atoms with Gasteiger partial charge in [0.25, 0.3) is 10.0 Å². The van der Waals surface area contributed by atoms with Gasteiger partial charge in [-0.25, -0.2) is 17.8 Å². The van der Waals surface area contributed by atoms with E-state index in [2.05, 4.69) is 25.6 Å². The molecule has 0 radical (unpaired) electrons. The molecule has 0 saturated carbocycles. The first-order valence-corrected chi connectivity index (χ1v) is 9.51. The third-order valence-corrected chi connectivity index (χ3v) is 6.77. The summed E-state index contributed by atoms with van der Waals surface area (Å²) in [5.41, 5.74) is 0.988. The molecule has 0 aliphatic heterocycles. The number of hydrogen-bond acceptors (Lipinski definition) is 4. The molecule has 0 atom stereocenters. The van der Waals surface area contributed by atoms with Gasteiger partial charge in [0.2, 0.25) is 0 Å². The minimum absolute atomic E-state index is 0.00271. The molecule has 8 heteroatoms. The van der Waals surface area contributed by atoms with E-state index in [0.29, 0.717) is 5.13 Å². The second kappa shape index (κ2) is 5.66. The van der Waals surface area contributed by atoms with Crippen LogP contribution in [0.25, 0.3) is 0 Å². The third-order valence-electron chi connectivity index (χ3n) is 3.25. The third kappa shape index (κ3) is 3.12. The van der Waals surface area contributed by atoms with Crippen LogP contribution in [0, 0.1) is 5.82 Å². The molecule has 1 aromatic carbocycles. The fourth-order valence-corrected chi connectivity index (χ4v) is 5.59. The summed E-state index contributed by atoms with van der Waals surface area (Å²) in [6.45, 7) is 0. The minimum Gasteiger partial charge on any atom is -0.255 e. The van der Waals surface area contributed by atoms with E-state index < -0.39 is 15.8 Å². The molecule has 3 rings (SSSR count). The fraction of sp³-hybridized carbons (Fsp3) is 0.308. The van der Waals surface area contributed by atoms with E-state index in [0.717, 1.165) is 48.4 Å². The number of aryl methyl sites for hydroxylation is 2. The minimum atomic E-state index is -3.78. The van der Waals surface area contributed by atoms with Crippen molar-refractivity contribution >= 4 is 42.4 Å². The number of sulfonamides is 1. The van der Waals surface area contributed by atoms with Crippen molar-refractivity contribution in [3.8, 4) is 0 Å². The normalized spacial score (nSPS) is 14.8. The van der Waals surface area contributed by atoms with Crippen molar-refractivity contribution in [2.75, 3.05) is 4.72 Å². The monoisotopic (exact) mass is 390 g/mol. The van der Waals surface area contributed by atoms with Crippen LogP contribution in [0.4, 0.5) is 9.52 Å². The van der Waals surface area contributed by atoms with Crippen molar-refractivity contribution in [1.29, 1.82) is 0 Å². The largest absolute Gasteiger partial charge is 0.264 e. The first kappa shape index (κ1) is 14.9. The Kier molecular flexibility index (Phi) is 4.02. The van der Waals surface area contributed by atoms with Gasteiger partial charge in [0.1, 0.15) is 10.7 Å². The van der Waals surface area contributed by atoms with Crippen LogP contribution >= 0.6 is 27.3 Å². The molecule has 21 heavy (non-hydrogen) atoms. The molecule has 0 spiro atoms. The summed E-state index contributed by atoms with van der Waals surface area (Å²) in [7, 11) is -3.78. The topological polar surface area (TPSA) is 59.1 Å². The van der Waals surface area contributed by atoms with Gasteiger partial charge in [-0.2, -0.15) is 0 Å². The Balaban J connectivity index is 1.90. The quantitative estimate of drug-likeness (QED) is 0.868. The maximum atomic E-state index is 13.1. The molecule has 0 bridgehead atoms. The Labute approximate surface area is 134 Å². The number of thiazole rings is 1. The van der Waals surface area contributed by atoms with Crippen LogP contribution < -0.4 is 4.72 Å². The van der Waals surface area contributed by atoms with Gasteiger partial charge < -0.3 is 0 Å². The number of nitrogens with zero attached hydrogens (tertiary/aromatic N) is 1. The number of aromatic nitrogens is 1. The number of fused-ring (bicyclic) bond motifs is 1. The van der Waals surface area contributed by atoms with Crippen molar-refractivity contribution in [1.82, 2.24) is 4.98 Å². The Morgan fingerprint density at radius 1 is 1.29 bits per heavy atom. The fourth-order valence-electron chi connectivity index (χ4n) is 2.26. The van der Waals surface area contributed by atoms with E-state index in [1.165, 1.54) is 17.4 Å². The Morgan fingerprint density at radius 3 is 2.76 bits per heavy atom. The first-order chi connectivity index (χ1) is 9.95. The van der Waals surface area contributed by atoms with Crippen LogP contribution in [0.15, 0.2) is 27.6 Å². The van der Waals surface area contributed by atoms with E-state index in [4.69, 9.17) is 0 Å². The van der Waals surface area contributed by atoms with Gasteiger partial charge in [0.05, 0.1) is 5.69 Å². The highest BCUT2D eigenvalue weighted by molar-refractivity contribution is 9.10. The zero-order chi connectivity index (χ0) is 15.0. The van der Waals surface area contributed by atoms with E-state index in [9.17, 15) is 12.8 Å². The van der Waals surface area contributed by atoms with Gasteiger partial charge in [0, 0.05) is 9.35 Å². The molecule has 1 aliphatic carbocycles. The predicted molar refractivity (Wildman–Crippen MR) is 83.7 cm³/mol. The van der Waals surface area contributed by atoms with Gasteiger partial charge in [-0.15, -0.1) is 11.3 Å². The van der Waals surface area contributed by atoms with Crippen LogP contribution in [0.1, 0.15) is 23.4 Å². The second-order valence-corrected chi connectivity index (χ2v) is 8.37. The highest BCUT2D eigenvalue weighted by Gasteiger charge is 2.22. The van der Waals surface area contributed by atoms with E-state index in [1.54, 1.807) is 0 Å². The summed E-state index contributed by atoms with van der Waals surface area (Å²) in [6, 6.07) is 3.48. The highest BCUT2D eigenvalue weighted by Crippen LogP contribution is 2.32. The van der Waals surface area contributed by atoms with Crippen LogP contribution in [-0.2, 0) is 22.9 Å². The zero-order valence-electron chi connectivity index (χ0n) is 10.9. The van der Waals surface area contributed by atoms with Crippen LogP contribution in [-0.4, -0.2) is 13.4 Å². The van der Waals surface area contributed by atoms with Crippen molar-refractivity contribution in [3.05, 3.63) is 39.1 Å². The molecule has 0 saturated heterocycles. The molecule has 0 amide bonds. The Hall–Kier alpha value is -0.990. The lowest BCUT2D eigenvalue weighted by molar-refractivity contribution is 0.599. The molecule has 1 N–H and O–H groups in total. The number of anilines is 1. The smallest absolute Gasteiger partial charge is 0.255 e. The van der Waals surface area contributed by atoms with E-state index in [1.807, 2.05) is 0 Å². The maximum absolute atomic E-state index is 13.1. The number of benzene rings is 1. The average molecular weight is 391 g/mol. The molecule has 0 fully saturated rings. The first-order valence-electron chi connectivity index (χ1n) is 6.42. The summed E-state index contributed by atoms with van der Waals surface area (Å²) >= 11 is 4.45. The van der Waals surface area contributed by atoms with Crippen molar-refractivity contribution in [2.45, 2.75) is 30.6 Å². The lowest BCUT2D eigenvalue weighted by Crippen LogP contribution is -2.13. The van der Waals surface area contributed by atoms with E-state index >= 15 is 0 Å². The molecule has 1 aromatic heterocycles. The van der Waals surface area contributed by atoms with E-state index in [-0.39, 0.29) is 9.37 Å². The molecule has 112 valence electrons. The predicted octanol–water partition coefficient (Wildman–Crippen LogP) is 3.72. The lowest BCUT2D eigenvalue weighted by atomic mass is 10.0. The zero-order valence-corrected chi connectivity index (χ0v) is 14.1. The second-order valence-electron chi connectivity index (χ2n) is 4.78. The SMILES string of the molecule is O=S(=O)(Nc1nc2c(s1)CCCC2)c1ccc(F)cc1Br. The Bertz CT molecular complexity index is 766. The number of hydrogen-bond donors (Lipinski definition) is 1. The molecular formula is C13H12BrFN2O2S2. The van der Waals surface area contributed by atoms with Crippen molar-refractivity contribution in [2.24, 2.45) is 0 Å². The summed E-state index contributed by atoms with van der Waals surface area (Å²) in [5, 5.41) is 0.373. The molecule has 1 heterocycles. The number of rotatable bonds is 3. The molecule has 2 aromatic rings. The van der Waals surface area contributed by atoms with Gasteiger partial charge in [-0.1, -0.05) is 0 Å².